The second-order valence-electron chi connectivity index (χ2n) is 4.02. The van der Waals surface area contributed by atoms with Crippen LogP contribution in [0.4, 0.5) is 0 Å². The van der Waals surface area contributed by atoms with Crippen LogP contribution in [0.3, 0.4) is 0 Å². The summed E-state index contributed by atoms with van der Waals surface area (Å²) in [6.07, 6.45) is 0. The van der Waals surface area contributed by atoms with Gasteiger partial charge in [-0.2, -0.15) is 0 Å². The van der Waals surface area contributed by atoms with Crippen LogP contribution in [-0.2, 0) is 0 Å². The van der Waals surface area contributed by atoms with E-state index in [9.17, 15) is 4.79 Å². The van der Waals surface area contributed by atoms with Gasteiger partial charge in [-0.1, -0.05) is 32.0 Å². The van der Waals surface area contributed by atoms with Crippen molar-refractivity contribution in [3.05, 3.63) is 29.8 Å². The zero-order valence-electron chi connectivity index (χ0n) is 8.49. The van der Waals surface area contributed by atoms with Crippen molar-refractivity contribution in [2.75, 3.05) is 5.75 Å². The van der Waals surface area contributed by atoms with Gasteiger partial charge in [0.2, 0.25) is 0 Å². The quantitative estimate of drug-likeness (QED) is 0.701. The minimum absolute atomic E-state index is 0.204. The summed E-state index contributed by atoms with van der Waals surface area (Å²) in [5.74, 6) is 1.92. The van der Waals surface area contributed by atoms with Gasteiger partial charge >= 0.3 is 0 Å². The van der Waals surface area contributed by atoms with Gasteiger partial charge in [-0.3, -0.25) is 4.79 Å². The summed E-state index contributed by atoms with van der Waals surface area (Å²) in [6.45, 7) is 4.24. The molecule has 1 aliphatic heterocycles. The van der Waals surface area contributed by atoms with Crippen LogP contribution in [0.5, 0.6) is 0 Å². The van der Waals surface area contributed by atoms with Crippen LogP contribution in [0, 0.1) is 11.8 Å². The molecule has 14 heavy (non-hydrogen) atoms. The molecule has 2 rings (SSSR count). The molecule has 1 unspecified atom stereocenters. The molecule has 0 bridgehead atoms. The van der Waals surface area contributed by atoms with E-state index in [-0.39, 0.29) is 5.92 Å². The normalized spacial score (nSPS) is 21.1. The molecule has 0 saturated heterocycles. The highest BCUT2D eigenvalue weighted by Crippen LogP contribution is 2.35. The first-order valence-corrected chi connectivity index (χ1v) is 5.94. The van der Waals surface area contributed by atoms with Crippen molar-refractivity contribution >= 4 is 17.5 Å². The van der Waals surface area contributed by atoms with Crippen LogP contribution in [0.25, 0.3) is 0 Å². The van der Waals surface area contributed by atoms with Gasteiger partial charge in [-0.15, -0.1) is 11.8 Å². The number of benzene rings is 1. The molecule has 1 nitrogen and oxygen atoms in total. The van der Waals surface area contributed by atoms with E-state index in [0.29, 0.717) is 11.7 Å². The van der Waals surface area contributed by atoms with Gasteiger partial charge in [0.25, 0.3) is 0 Å². The highest BCUT2D eigenvalue weighted by molar-refractivity contribution is 7.99. The first-order valence-electron chi connectivity index (χ1n) is 4.96. The first-order chi connectivity index (χ1) is 6.70. The zero-order valence-corrected chi connectivity index (χ0v) is 9.30. The highest BCUT2D eigenvalue weighted by Gasteiger charge is 2.29. The maximum absolute atomic E-state index is 12.0. The SMILES string of the molecule is CC(C)C1CSc2ccccc2C1=O. The Morgan fingerprint density at radius 3 is 2.79 bits per heavy atom. The maximum atomic E-state index is 12.0. The van der Waals surface area contributed by atoms with E-state index in [2.05, 4.69) is 13.8 Å². The Kier molecular flexibility index (Phi) is 2.64. The van der Waals surface area contributed by atoms with Crippen molar-refractivity contribution in [3.8, 4) is 0 Å². The lowest BCUT2D eigenvalue weighted by Crippen LogP contribution is -2.26. The minimum atomic E-state index is 0.204. The van der Waals surface area contributed by atoms with Gasteiger partial charge in [-0.05, 0) is 12.0 Å². The predicted molar refractivity (Wildman–Crippen MR) is 59.8 cm³/mol. The summed E-state index contributed by atoms with van der Waals surface area (Å²) >= 11 is 1.81. The molecule has 1 aromatic carbocycles. The summed E-state index contributed by atoms with van der Waals surface area (Å²) in [5, 5.41) is 0. The Hall–Kier alpha value is -0.760. The standard InChI is InChI=1S/C12H14OS/c1-8(2)10-7-14-11-6-4-3-5-9(11)12(10)13/h3-6,8,10H,7H2,1-2H3. The van der Waals surface area contributed by atoms with Gasteiger partial charge in [-0.25, -0.2) is 0 Å². The van der Waals surface area contributed by atoms with Gasteiger partial charge in [0.1, 0.15) is 0 Å². The van der Waals surface area contributed by atoms with Crippen molar-refractivity contribution in [1.82, 2.24) is 0 Å². The Labute approximate surface area is 88.9 Å². The Morgan fingerprint density at radius 1 is 1.36 bits per heavy atom. The highest BCUT2D eigenvalue weighted by atomic mass is 32.2. The number of carbonyl (C=O) groups is 1. The minimum Gasteiger partial charge on any atom is -0.294 e. The van der Waals surface area contributed by atoms with Crippen molar-refractivity contribution in [2.45, 2.75) is 18.7 Å². The zero-order chi connectivity index (χ0) is 10.1. The largest absolute Gasteiger partial charge is 0.294 e. The van der Waals surface area contributed by atoms with Gasteiger partial charge in [0.05, 0.1) is 0 Å². The van der Waals surface area contributed by atoms with Gasteiger partial charge < -0.3 is 0 Å². The smallest absolute Gasteiger partial charge is 0.168 e. The van der Waals surface area contributed by atoms with Gasteiger partial charge in [0, 0.05) is 22.1 Å². The van der Waals surface area contributed by atoms with Crippen molar-refractivity contribution in [1.29, 1.82) is 0 Å². The number of ketones is 1. The molecular weight excluding hydrogens is 192 g/mol. The number of hydrogen-bond acceptors (Lipinski definition) is 2. The number of carbonyl (C=O) groups excluding carboxylic acids is 1. The van der Waals surface area contributed by atoms with E-state index in [1.54, 1.807) is 0 Å². The van der Waals surface area contributed by atoms with Crippen LogP contribution in [0.2, 0.25) is 0 Å². The molecule has 0 radical (unpaired) electrons. The Bertz CT molecular complexity index is 357. The van der Waals surface area contributed by atoms with E-state index in [1.807, 2.05) is 36.0 Å². The van der Waals surface area contributed by atoms with Crippen molar-refractivity contribution < 1.29 is 4.79 Å². The molecular formula is C12H14OS. The molecule has 0 aromatic heterocycles. The summed E-state index contributed by atoms with van der Waals surface area (Å²) in [6, 6.07) is 7.92. The number of fused-ring (bicyclic) bond motifs is 1. The first kappa shape index (κ1) is 9.78. The molecule has 0 saturated carbocycles. The fraction of sp³-hybridized carbons (Fsp3) is 0.417. The van der Waals surface area contributed by atoms with E-state index in [4.69, 9.17) is 0 Å². The molecule has 1 aliphatic rings. The molecule has 2 heteroatoms. The van der Waals surface area contributed by atoms with Crippen LogP contribution >= 0.6 is 11.8 Å². The Morgan fingerprint density at radius 2 is 2.07 bits per heavy atom. The average molecular weight is 206 g/mol. The van der Waals surface area contributed by atoms with Crippen LogP contribution < -0.4 is 0 Å². The number of thioether (sulfide) groups is 1. The lowest BCUT2D eigenvalue weighted by molar-refractivity contribution is 0.0897. The lowest BCUT2D eigenvalue weighted by Gasteiger charge is -2.25. The summed E-state index contributed by atoms with van der Waals surface area (Å²) in [4.78, 5) is 13.2. The number of Topliss-reactive ketones (excluding diaryl/α,β-unsaturated/α-hetero) is 1. The van der Waals surface area contributed by atoms with Crippen LogP contribution in [-0.4, -0.2) is 11.5 Å². The van der Waals surface area contributed by atoms with Crippen molar-refractivity contribution in [3.63, 3.8) is 0 Å². The van der Waals surface area contributed by atoms with Crippen LogP contribution in [0.1, 0.15) is 24.2 Å². The van der Waals surface area contributed by atoms with E-state index >= 15 is 0 Å². The maximum Gasteiger partial charge on any atom is 0.168 e. The lowest BCUT2D eigenvalue weighted by atomic mass is 9.89. The molecule has 0 fully saturated rings. The summed E-state index contributed by atoms with van der Waals surface area (Å²) in [5.41, 5.74) is 0.919. The molecule has 0 N–H and O–H groups in total. The molecule has 0 aliphatic carbocycles. The molecule has 1 heterocycles. The van der Waals surface area contributed by atoms with E-state index in [0.717, 1.165) is 16.2 Å². The number of rotatable bonds is 1. The van der Waals surface area contributed by atoms with Gasteiger partial charge in [0.15, 0.2) is 5.78 Å². The molecule has 1 aromatic rings. The second kappa shape index (κ2) is 3.77. The molecule has 1 atom stereocenters. The van der Waals surface area contributed by atoms with Crippen LogP contribution in [0.15, 0.2) is 29.2 Å². The van der Waals surface area contributed by atoms with E-state index in [1.165, 1.54) is 0 Å². The summed E-state index contributed by atoms with van der Waals surface area (Å²) < 4.78 is 0. The third kappa shape index (κ3) is 1.59. The topological polar surface area (TPSA) is 17.1 Å². The fourth-order valence-corrected chi connectivity index (χ4v) is 3.14. The molecule has 0 amide bonds. The number of hydrogen-bond donors (Lipinski definition) is 0. The molecule has 74 valence electrons. The third-order valence-electron chi connectivity index (χ3n) is 2.71. The van der Waals surface area contributed by atoms with Crippen molar-refractivity contribution in [2.24, 2.45) is 11.8 Å². The third-order valence-corrected chi connectivity index (χ3v) is 3.91. The fourth-order valence-electron chi connectivity index (χ4n) is 1.75. The molecule has 0 spiro atoms. The average Bonchev–Trinajstić information content (AvgIpc) is 2.18. The summed E-state index contributed by atoms with van der Waals surface area (Å²) in [7, 11) is 0. The van der Waals surface area contributed by atoms with E-state index < -0.39 is 0 Å². The Balaban J connectivity index is 2.37. The predicted octanol–water partition coefficient (Wildman–Crippen LogP) is 3.25. The monoisotopic (exact) mass is 206 g/mol. The second-order valence-corrected chi connectivity index (χ2v) is 5.08.